The highest BCUT2D eigenvalue weighted by atomic mass is 19.1. The van der Waals surface area contributed by atoms with Crippen molar-refractivity contribution in [2.24, 2.45) is 0 Å². The first kappa shape index (κ1) is 20.2. The molecule has 1 aliphatic carbocycles. The number of carbonyl (C=O) groups excluding carboxylic acids is 1. The topological polar surface area (TPSA) is 72.9 Å². The molecule has 0 aromatic heterocycles. The predicted octanol–water partition coefficient (Wildman–Crippen LogP) is 2.34. The minimum atomic E-state index is -0.828. The fourth-order valence-electron chi connectivity index (χ4n) is 3.30. The van der Waals surface area contributed by atoms with E-state index >= 15 is 0 Å². The molecule has 1 unspecified atom stereocenters. The Kier molecular flexibility index (Phi) is 6.97. The normalized spacial score (nSPS) is 20.3. The Bertz CT molecular complexity index is 634. The molecule has 1 aliphatic rings. The molecule has 1 atom stereocenters. The number of hydrogen-bond acceptors (Lipinski definition) is 3. The van der Waals surface area contributed by atoms with Crippen LogP contribution in [0.15, 0.2) is 24.3 Å². The summed E-state index contributed by atoms with van der Waals surface area (Å²) in [6.07, 6.45) is 2.11. The van der Waals surface area contributed by atoms with Crippen LogP contribution in [0.3, 0.4) is 0 Å². The fourth-order valence-corrected chi connectivity index (χ4v) is 3.30. The van der Waals surface area contributed by atoms with Gasteiger partial charge in [0.25, 0.3) is 0 Å². The third-order valence-electron chi connectivity index (χ3n) is 5.10. The molecular weight excluding hydrogens is 337 g/mol. The van der Waals surface area contributed by atoms with Gasteiger partial charge in [-0.15, -0.1) is 0 Å². The van der Waals surface area contributed by atoms with E-state index in [2.05, 4.69) is 5.32 Å². The minimum absolute atomic E-state index is 0.0341. The Balaban J connectivity index is 1.78. The summed E-state index contributed by atoms with van der Waals surface area (Å²) in [4.78, 5) is 26.8. The monoisotopic (exact) mass is 365 g/mol. The number of nitrogens with zero attached hydrogens (tertiary/aromatic N) is 2. The number of carboxylic acid groups (broad SMARTS) is 1. The molecule has 1 aromatic carbocycles. The second-order valence-electron chi connectivity index (χ2n) is 7.02. The van der Waals surface area contributed by atoms with E-state index in [9.17, 15) is 14.0 Å². The maximum absolute atomic E-state index is 13.3. The van der Waals surface area contributed by atoms with E-state index in [0.29, 0.717) is 13.0 Å². The molecule has 6 nitrogen and oxygen atoms in total. The summed E-state index contributed by atoms with van der Waals surface area (Å²) in [6.45, 7) is 4.59. The second-order valence-corrected chi connectivity index (χ2v) is 7.02. The largest absolute Gasteiger partial charge is 0.480 e. The lowest BCUT2D eigenvalue weighted by atomic mass is 9.85. The van der Waals surface area contributed by atoms with Gasteiger partial charge in [-0.05, 0) is 50.4 Å². The number of benzene rings is 1. The van der Waals surface area contributed by atoms with Crippen molar-refractivity contribution in [3.8, 4) is 0 Å². The third kappa shape index (κ3) is 5.42. The van der Waals surface area contributed by atoms with Crippen LogP contribution in [-0.4, -0.2) is 65.2 Å². The standard InChI is InChI=1S/C19H28FN3O3/c1-4-23(12-18(24)25)17-10-16(11-17)21-19(26)22(3)13(2)8-14-6-5-7-15(20)9-14/h5-7,9,13,16-17H,4,8,10-12H2,1-3H3,(H,21,26)(H,24,25). The van der Waals surface area contributed by atoms with E-state index in [1.54, 1.807) is 18.0 Å². The zero-order chi connectivity index (χ0) is 19.3. The summed E-state index contributed by atoms with van der Waals surface area (Å²) >= 11 is 0. The molecule has 1 aromatic rings. The van der Waals surface area contributed by atoms with E-state index in [1.807, 2.05) is 24.8 Å². The van der Waals surface area contributed by atoms with Crippen LogP contribution in [0.4, 0.5) is 9.18 Å². The van der Waals surface area contributed by atoms with Gasteiger partial charge < -0.3 is 15.3 Å². The van der Waals surface area contributed by atoms with Gasteiger partial charge in [-0.1, -0.05) is 19.1 Å². The molecule has 0 radical (unpaired) electrons. The maximum atomic E-state index is 13.3. The SMILES string of the molecule is CCN(CC(=O)O)C1CC(NC(=O)N(C)C(C)Cc2cccc(F)c2)C1. The van der Waals surface area contributed by atoms with E-state index in [4.69, 9.17) is 5.11 Å². The van der Waals surface area contributed by atoms with E-state index < -0.39 is 5.97 Å². The zero-order valence-electron chi connectivity index (χ0n) is 15.6. The van der Waals surface area contributed by atoms with E-state index in [1.165, 1.54) is 12.1 Å². The molecule has 0 aliphatic heterocycles. The summed E-state index contributed by atoms with van der Waals surface area (Å²) in [7, 11) is 1.73. The lowest BCUT2D eigenvalue weighted by Gasteiger charge is -2.43. The summed E-state index contributed by atoms with van der Waals surface area (Å²) in [5.41, 5.74) is 0.855. The number of halogens is 1. The highest BCUT2D eigenvalue weighted by Crippen LogP contribution is 2.25. The molecule has 26 heavy (non-hydrogen) atoms. The molecule has 144 valence electrons. The van der Waals surface area contributed by atoms with Gasteiger partial charge in [0.1, 0.15) is 5.82 Å². The van der Waals surface area contributed by atoms with Crippen LogP contribution in [0.5, 0.6) is 0 Å². The van der Waals surface area contributed by atoms with Gasteiger partial charge in [-0.2, -0.15) is 0 Å². The van der Waals surface area contributed by atoms with Gasteiger partial charge in [-0.25, -0.2) is 9.18 Å². The van der Waals surface area contributed by atoms with Crippen LogP contribution in [0.25, 0.3) is 0 Å². The van der Waals surface area contributed by atoms with Crippen LogP contribution >= 0.6 is 0 Å². The van der Waals surface area contributed by atoms with Crippen molar-refractivity contribution in [2.45, 2.75) is 51.2 Å². The molecule has 7 heteroatoms. The summed E-state index contributed by atoms with van der Waals surface area (Å²) < 4.78 is 13.3. The van der Waals surface area contributed by atoms with Gasteiger partial charge in [0.05, 0.1) is 6.54 Å². The Morgan fingerprint density at radius 1 is 1.38 bits per heavy atom. The number of amides is 2. The van der Waals surface area contributed by atoms with Gasteiger partial charge in [-0.3, -0.25) is 9.69 Å². The quantitative estimate of drug-likeness (QED) is 0.742. The Morgan fingerprint density at radius 3 is 2.65 bits per heavy atom. The summed E-state index contributed by atoms with van der Waals surface area (Å²) in [5.74, 6) is -1.10. The van der Waals surface area contributed by atoms with Gasteiger partial charge in [0, 0.05) is 25.2 Å². The molecule has 2 N–H and O–H groups in total. The average Bonchev–Trinajstić information content (AvgIpc) is 2.54. The summed E-state index contributed by atoms with van der Waals surface area (Å²) in [5, 5.41) is 11.9. The predicted molar refractivity (Wildman–Crippen MR) is 97.6 cm³/mol. The minimum Gasteiger partial charge on any atom is -0.480 e. The van der Waals surface area contributed by atoms with Gasteiger partial charge in [0.15, 0.2) is 0 Å². The van der Waals surface area contributed by atoms with Crippen molar-refractivity contribution in [3.05, 3.63) is 35.6 Å². The van der Waals surface area contributed by atoms with Crippen molar-refractivity contribution in [1.29, 1.82) is 0 Å². The zero-order valence-corrected chi connectivity index (χ0v) is 15.6. The molecule has 0 bridgehead atoms. The lowest BCUT2D eigenvalue weighted by molar-refractivity contribution is -0.139. The van der Waals surface area contributed by atoms with Crippen LogP contribution in [-0.2, 0) is 11.2 Å². The molecule has 0 heterocycles. The van der Waals surface area contributed by atoms with Crippen LogP contribution < -0.4 is 5.32 Å². The Hall–Kier alpha value is -2.15. The molecule has 2 rings (SSSR count). The third-order valence-corrected chi connectivity index (χ3v) is 5.10. The number of urea groups is 1. The molecule has 1 fully saturated rings. The van der Waals surface area contributed by atoms with Crippen molar-refractivity contribution in [2.75, 3.05) is 20.1 Å². The Labute approximate surface area is 154 Å². The molecular formula is C19H28FN3O3. The van der Waals surface area contributed by atoms with Crippen LogP contribution in [0, 0.1) is 5.82 Å². The number of nitrogens with one attached hydrogen (secondary N) is 1. The highest BCUT2D eigenvalue weighted by Gasteiger charge is 2.35. The van der Waals surface area contributed by atoms with Gasteiger partial charge in [0.2, 0.25) is 0 Å². The smallest absolute Gasteiger partial charge is 0.317 e. The second kappa shape index (κ2) is 8.98. The van der Waals surface area contributed by atoms with Crippen molar-refractivity contribution >= 4 is 12.0 Å². The average molecular weight is 365 g/mol. The van der Waals surface area contributed by atoms with Crippen LogP contribution in [0.1, 0.15) is 32.3 Å². The maximum Gasteiger partial charge on any atom is 0.317 e. The highest BCUT2D eigenvalue weighted by molar-refractivity contribution is 5.74. The first-order valence-electron chi connectivity index (χ1n) is 9.03. The summed E-state index contributed by atoms with van der Waals surface area (Å²) in [6, 6.07) is 6.47. The molecule has 0 spiro atoms. The van der Waals surface area contributed by atoms with Crippen molar-refractivity contribution in [3.63, 3.8) is 0 Å². The molecule has 0 saturated heterocycles. The van der Waals surface area contributed by atoms with Crippen molar-refractivity contribution in [1.82, 2.24) is 15.1 Å². The van der Waals surface area contributed by atoms with Crippen LogP contribution in [0.2, 0.25) is 0 Å². The lowest BCUT2D eigenvalue weighted by Crippen LogP contribution is -2.57. The first-order valence-corrected chi connectivity index (χ1v) is 9.03. The number of carboxylic acids is 1. The molecule has 1 saturated carbocycles. The Morgan fingerprint density at radius 2 is 2.08 bits per heavy atom. The van der Waals surface area contributed by atoms with Gasteiger partial charge >= 0.3 is 12.0 Å². The first-order chi connectivity index (χ1) is 12.3. The van der Waals surface area contributed by atoms with Crippen molar-refractivity contribution < 1.29 is 19.1 Å². The fraction of sp³-hybridized carbons (Fsp3) is 0.579. The van der Waals surface area contributed by atoms with E-state index in [0.717, 1.165) is 18.4 Å². The molecule has 2 amide bonds. The number of carbonyl (C=O) groups is 2. The number of hydrogen-bond donors (Lipinski definition) is 2. The van der Waals surface area contributed by atoms with E-state index in [-0.39, 0.29) is 36.5 Å². The number of aliphatic carboxylic acids is 1. The number of likely N-dealkylation sites (N-methyl/N-ethyl adjacent to an activating group) is 2. The number of rotatable bonds is 8.